The number of benzene rings is 1. The lowest BCUT2D eigenvalue weighted by molar-refractivity contribution is -0.125. The highest BCUT2D eigenvalue weighted by Gasteiger charge is 2.38. The second-order valence-corrected chi connectivity index (χ2v) is 8.69. The number of carbonyl (C=O) groups is 1. The third kappa shape index (κ3) is 3.72. The van der Waals surface area contributed by atoms with Crippen LogP contribution in [0.15, 0.2) is 36.7 Å². The molecule has 5 nitrogen and oxygen atoms in total. The van der Waals surface area contributed by atoms with Gasteiger partial charge in [-0.3, -0.25) is 9.48 Å². The van der Waals surface area contributed by atoms with Gasteiger partial charge in [0.05, 0.1) is 12.1 Å². The first-order valence-electron chi connectivity index (χ1n) is 10.6. The molecule has 1 aliphatic heterocycles. The van der Waals surface area contributed by atoms with Crippen molar-refractivity contribution in [3.05, 3.63) is 53.3 Å². The van der Waals surface area contributed by atoms with Gasteiger partial charge in [0, 0.05) is 44.2 Å². The summed E-state index contributed by atoms with van der Waals surface area (Å²) in [6.45, 7) is 4.52. The van der Waals surface area contributed by atoms with E-state index in [-0.39, 0.29) is 23.2 Å². The van der Waals surface area contributed by atoms with Crippen LogP contribution in [0.3, 0.4) is 0 Å². The van der Waals surface area contributed by atoms with Crippen LogP contribution in [0, 0.1) is 12.8 Å². The zero-order valence-corrected chi connectivity index (χ0v) is 17.1. The van der Waals surface area contributed by atoms with Crippen LogP contribution in [0.5, 0.6) is 0 Å². The average Bonchev–Trinajstić information content (AvgIpc) is 3.36. The topological polar surface area (TPSA) is 59.0 Å². The van der Waals surface area contributed by atoms with E-state index in [1.165, 1.54) is 30.4 Å². The highest BCUT2D eigenvalue weighted by Crippen LogP contribution is 2.40. The van der Waals surface area contributed by atoms with Gasteiger partial charge in [-0.15, -0.1) is 0 Å². The van der Waals surface area contributed by atoms with Gasteiger partial charge in [-0.1, -0.05) is 43.5 Å². The minimum Gasteiger partial charge on any atom is -0.355 e. The van der Waals surface area contributed by atoms with Crippen LogP contribution < -0.4 is 10.6 Å². The zero-order valence-electron chi connectivity index (χ0n) is 17.1. The largest absolute Gasteiger partial charge is 0.355 e. The second kappa shape index (κ2) is 8.08. The van der Waals surface area contributed by atoms with Gasteiger partial charge in [0.25, 0.3) is 0 Å². The Hall–Kier alpha value is -2.14. The van der Waals surface area contributed by atoms with Gasteiger partial charge < -0.3 is 10.6 Å². The molecule has 0 radical (unpaired) electrons. The van der Waals surface area contributed by atoms with Crippen LogP contribution in [0.4, 0.5) is 0 Å². The molecule has 4 rings (SSSR count). The number of carbonyl (C=O) groups excluding carboxylic acids is 1. The maximum atomic E-state index is 13.2. The van der Waals surface area contributed by atoms with Crippen molar-refractivity contribution in [2.45, 2.75) is 50.4 Å². The summed E-state index contributed by atoms with van der Waals surface area (Å²) >= 11 is 0. The van der Waals surface area contributed by atoms with E-state index in [1.54, 1.807) is 0 Å². The van der Waals surface area contributed by atoms with Crippen LogP contribution >= 0.6 is 0 Å². The van der Waals surface area contributed by atoms with Gasteiger partial charge in [0.15, 0.2) is 0 Å². The molecule has 2 aromatic rings. The third-order valence-corrected chi connectivity index (χ3v) is 6.83. The predicted molar refractivity (Wildman–Crippen MR) is 111 cm³/mol. The molecule has 1 aliphatic carbocycles. The molecule has 2 aliphatic rings. The zero-order chi connectivity index (χ0) is 19.6. The molecule has 28 heavy (non-hydrogen) atoms. The molecule has 2 heterocycles. The van der Waals surface area contributed by atoms with Crippen LogP contribution in [0.2, 0.25) is 0 Å². The van der Waals surface area contributed by atoms with E-state index < -0.39 is 0 Å². The molecule has 1 aromatic heterocycles. The first-order valence-corrected chi connectivity index (χ1v) is 10.6. The molecule has 0 bridgehead atoms. The molecule has 1 saturated carbocycles. The van der Waals surface area contributed by atoms with Crippen LogP contribution in [0.25, 0.3) is 0 Å². The summed E-state index contributed by atoms with van der Waals surface area (Å²) in [5.41, 5.74) is 3.99. The number of amides is 1. The van der Waals surface area contributed by atoms with Crippen molar-refractivity contribution in [1.82, 2.24) is 20.4 Å². The Labute approximate surface area is 167 Å². The molecule has 1 amide bonds. The highest BCUT2D eigenvalue weighted by atomic mass is 16.1. The van der Waals surface area contributed by atoms with Crippen LogP contribution in [-0.2, 0) is 17.3 Å². The van der Waals surface area contributed by atoms with E-state index in [2.05, 4.69) is 46.9 Å². The first kappa shape index (κ1) is 19.2. The van der Waals surface area contributed by atoms with Crippen molar-refractivity contribution in [1.29, 1.82) is 0 Å². The summed E-state index contributed by atoms with van der Waals surface area (Å²) in [5.74, 6) is 0.355. The summed E-state index contributed by atoms with van der Waals surface area (Å²) in [7, 11) is 1.93. The Morgan fingerprint density at radius 1 is 1.25 bits per heavy atom. The standard InChI is InChI=1S/C23H32N4O/c1-17-8-4-5-9-21(17)23(10-6-3-7-11-23)16-25-22(28)20-14-24-13-19(20)18-12-26-27(2)15-18/h4-5,8-9,12,15,19-20,24H,3,6-7,10-11,13-14,16H2,1-2H3,(H,25,28)/t19-,20+/m1/s1. The van der Waals surface area contributed by atoms with Crippen molar-refractivity contribution in [2.24, 2.45) is 13.0 Å². The van der Waals surface area contributed by atoms with Crippen molar-refractivity contribution in [3.63, 3.8) is 0 Å². The molecular weight excluding hydrogens is 348 g/mol. The summed E-state index contributed by atoms with van der Waals surface area (Å²) in [5, 5.41) is 11.1. The lowest BCUT2D eigenvalue weighted by atomic mass is 9.68. The lowest BCUT2D eigenvalue weighted by Crippen LogP contribution is -2.45. The Kier molecular flexibility index (Phi) is 5.54. The lowest BCUT2D eigenvalue weighted by Gasteiger charge is -2.39. The Morgan fingerprint density at radius 2 is 2.04 bits per heavy atom. The van der Waals surface area contributed by atoms with Gasteiger partial charge in [0.2, 0.25) is 5.91 Å². The maximum Gasteiger partial charge on any atom is 0.225 e. The second-order valence-electron chi connectivity index (χ2n) is 8.69. The van der Waals surface area contributed by atoms with E-state index in [0.29, 0.717) is 0 Å². The van der Waals surface area contributed by atoms with Crippen LogP contribution in [0.1, 0.15) is 54.7 Å². The van der Waals surface area contributed by atoms with E-state index in [9.17, 15) is 4.79 Å². The van der Waals surface area contributed by atoms with E-state index >= 15 is 0 Å². The van der Waals surface area contributed by atoms with Gasteiger partial charge >= 0.3 is 0 Å². The molecule has 0 unspecified atom stereocenters. The number of rotatable bonds is 5. The molecular formula is C23H32N4O. The fraction of sp³-hybridized carbons (Fsp3) is 0.565. The van der Waals surface area contributed by atoms with Crippen LogP contribution in [-0.4, -0.2) is 35.3 Å². The molecule has 0 spiro atoms. The fourth-order valence-corrected chi connectivity index (χ4v) is 5.26. The number of nitrogens with one attached hydrogen (secondary N) is 2. The number of hydrogen-bond donors (Lipinski definition) is 2. The molecule has 1 aromatic carbocycles. The van der Waals surface area contributed by atoms with Crippen molar-refractivity contribution in [3.8, 4) is 0 Å². The Bertz CT molecular complexity index is 822. The normalized spacial score (nSPS) is 24.2. The number of aryl methyl sites for hydroxylation is 2. The van der Waals surface area contributed by atoms with Crippen molar-refractivity contribution in [2.75, 3.05) is 19.6 Å². The van der Waals surface area contributed by atoms with Gasteiger partial charge in [0.1, 0.15) is 0 Å². The minimum atomic E-state index is -0.0262. The SMILES string of the molecule is Cc1ccccc1C1(CNC(=O)[C@H]2CNC[C@@H]2c2cnn(C)c2)CCCCC1. The number of nitrogens with zero attached hydrogens (tertiary/aromatic N) is 2. The van der Waals surface area contributed by atoms with E-state index in [1.807, 2.05) is 24.1 Å². The van der Waals surface area contributed by atoms with Crippen molar-refractivity contribution >= 4 is 5.91 Å². The monoisotopic (exact) mass is 380 g/mol. The number of hydrogen-bond acceptors (Lipinski definition) is 3. The first-order chi connectivity index (χ1) is 13.6. The quantitative estimate of drug-likeness (QED) is 0.838. The molecule has 5 heteroatoms. The van der Waals surface area contributed by atoms with Gasteiger partial charge in [-0.05, 0) is 36.5 Å². The van der Waals surface area contributed by atoms with Crippen molar-refractivity contribution < 1.29 is 4.79 Å². The van der Waals surface area contributed by atoms with E-state index in [0.717, 1.165) is 38.0 Å². The summed E-state index contributed by atoms with van der Waals surface area (Å²) < 4.78 is 1.82. The molecule has 150 valence electrons. The summed E-state index contributed by atoms with van der Waals surface area (Å²) in [6.07, 6.45) is 10.0. The van der Waals surface area contributed by atoms with Gasteiger partial charge in [-0.2, -0.15) is 5.10 Å². The van der Waals surface area contributed by atoms with Gasteiger partial charge in [-0.25, -0.2) is 0 Å². The third-order valence-electron chi connectivity index (χ3n) is 6.83. The van der Waals surface area contributed by atoms with E-state index in [4.69, 9.17) is 0 Å². The average molecular weight is 381 g/mol. The molecule has 2 atom stereocenters. The summed E-state index contributed by atoms with van der Waals surface area (Å²) in [4.78, 5) is 13.2. The molecule has 2 N–H and O–H groups in total. The highest BCUT2D eigenvalue weighted by molar-refractivity contribution is 5.80. The summed E-state index contributed by atoms with van der Waals surface area (Å²) in [6, 6.07) is 8.71. The smallest absolute Gasteiger partial charge is 0.225 e. The molecule has 2 fully saturated rings. The predicted octanol–water partition coefficient (Wildman–Crippen LogP) is 3.05. The Morgan fingerprint density at radius 3 is 2.75 bits per heavy atom. The minimum absolute atomic E-state index is 0.0262. The number of aromatic nitrogens is 2. The molecule has 1 saturated heterocycles. The fourth-order valence-electron chi connectivity index (χ4n) is 5.26. The maximum absolute atomic E-state index is 13.2. The Balaban J connectivity index is 1.49.